The summed E-state index contributed by atoms with van der Waals surface area (Å²) >= 11 is 1.66. The molecule has 0 saturated carbocycles. The van der Waals surface area contributed by atoms with E-state index in [0.29, 0.717) is 13.0 Å². The van der Waals surface area contributed by atoms with Crippen LogP contribution in [-0.2, 0) is 14.3 Å². The molecule has 14 heavy (non-hydrogen) atoms. The molecule has 2 atom stereocenters. The summed E-state index contributed by atoms with van der Waals surface area (Å²) in [6.07, 6.45) is 2.40. The van der Waals surface area contributed by atoms with Crippen molar-refractivity contribution < 1.29 is 14.3 Å². The van der Waals surface area contributed by atoms with Crippen LogP contribution < -0.4 is 5.73 Å². The molecule has 2 N–H and O–H groups in total. The number of hydrogen-bond acceptors (Lipinski definition) is 5. The van der Waals surface area contributed by atoms with Crippen molar-refractivity contribution in [1.82, 2.24) is 0 Å². The maximum absolute atomic E-state index is 11.3. The van der Waals surface area contributed by atoms with Crippen molar-refractivity contribution in [2.45, 2.75) is 25.5 Å². The minimum atomic E-state index is -0.512. The fraction of sp³-hybridized carbons (Fsp3) is 0.889. The van der Waals surface area contributed by atoms with Gasteiger partial charge in [0.2, 0.25) is 0 Å². The van der Waals surface area contributed by atoms with Crippen molar-refractivity contribution in [2.24, 2.45) is 5.73 Å². The summed E-state index contributed by atoms with van der Waals surface area (Å²) in [4.78, 5) is 11.3. The molecule has 0 bridgehead atoms. The molecule has 0 amide bonds. The van der Waals surface area contributed by atoms with E-state index >= 15 is 0 Å². The lowest BCUT2D eigenvalue weighted by molar-refractivity contribution is -0.152. The van der Waals surface area contributed by atoms with Crippen LogP contribution in [0.15, 0.2) is 0 Å². The van der Waals surface area contributed by atoms with Crippen molar-refractivity contribution in [3.63, 3.8) is 0 Å². The highest BCUT2D eigenvalue weighted by molar-refractivity contribution is 7.98. The zero-order valence-electron chi connectivity index (χ0n) is 8.99. The summed E-state index contributed by atoms with van der Waals surface area (Å²) in [6, 6.07) is -0.512. The minimum absolute atomic E-state index is 0.229. The van der Waals surface area contributed by atoms with Crippen LogP contribution in [0.5, 0.6) is 0 Å². The topological polar surface area (TPSA) is 61.5 Å². The van der Waals surface area contributed by atoms with E-state index in [1.807, 2.05) is 6.26 Å². The second-order valence-electron chi connectivity index (χ2n) is 3.09. The summed E-state index contributed by atoms with van der Waals surface area (Å²) in [5, 5.41) is 0. The fourth-order valence-corrected chi connectivity index (χ4v) is 1.41. The van der Waals surface area contributed by atoms with E-state index in [9.17, 15) is 4.79 Å². The lowest BCUT2D eigenvalue weighted by Gasteiger charge is -2.15. The van der Waals surface area contributed by atoms with Gasteiger partial charge in [-0.25, -0.2) is 0 Å². The minimum Gasteiger partial charge on any atom is -0.459 e. The Bertz CT molecular complexity index is 166. The number of esters is 1. The number of nitrogens with two attached hydrogens (primary N) is 1. The molecular weight excluding hydrogens is 202 g/mol. The molecule has 0 aromatic carbocycles. The predicted octanol–water partition coefficient (Wildman–Crippen LogP) is 0.645. The average Bonchev–Trinajstić information content (AvgIpc) is 2.14. The SMILES string of the molecule is COCC(C)OC(=O)[C@@H](N)CCSC. The van der Waals surface area contributed by atoms with Gasteiger partial charge < -0.3 is 15.2 Å². The summed E-state index contributed by atoms with van der Waals surface area (Å²) in [5.74, 6) is 0.526. The predicted molar refractivity (Wildman–Crippen MR) is 58.4 cm³/mol. The second kappa shape index (κ2) is 8.08. The summed E-state index contributed by atoms with van der Waals surface area (Å²) in [6.45, 7) is 2.18. The van der Waals surface area contributed by atoms with Crippen LogP contribution in [0.4, 0.5) is 0 Å². The summed E-state index contributed by atoms with van der Waals surface area (Å²) < 4.78 is 9.89. The molecule has 0 saturated heterocycles. The maximum Gasteiger partial charge on any atom is 0.323 e. The van der Waals surface area contributed by atoms with Crippen LogP contribution in [0.3, 0.4) is 0 Å². The Balaban J connectivity index is 3.71. The first-order valence-electron chi connectivity index (χ1n) is 4.55. The van der Waals surface area contributed by atoms with E-state index in [-0.39, 0.29) is 12.1 Å². The van der Waals surface area contributed by atoms with E-state index in [1.54, 1.807) is 25.8 Å². The number of thioether (sulfide) groups is 1. The van der Waals surface area contributed by atoms with E-state index in [4.69, 9.17) is 15.2 Å². The molecule has 0 rings (SSSR count). The third kappa shape index (κ3) is 6.23. The lowest BCUT2D eigenvalue weighted by atomic mass is 10.2. The zero-order chi connectivity index (χ0) is 11.0. The van der Waals surface area contributed by atoms with Crippen molar-refractivity contribution in [1.29, 1.82) is 0 Å². The zero-order valence-corrected chi connectivity index (χ0v) is 9.80. The molecule has 0 fully saturated rings. The number of methoxy groups -OCH3 is 1. The van der Waals surface area contributed by atoms with Crippen LogP contribution in [0.25, 0.3) is 0 Å². The number of carbonyl (C=O) groups is 1. The van der Waals surface area contributed by atoms with Crippen molar-refractivity contribution in [3.8, 4) is 0 Å². The van der Waals surface area contributed by atoms with Gasteiger partial charge in [-0.05, 0) is 25.4 Å². The van der Waals surface area contributed by atoms with Gasteiger partial charge in [-0.15, -0.1) is 0 Å². The molecule has 0 aliphatic rings. The molecule has 84 valence electrons. The highest BCUT2D eigenvalue weighted by Gasteiger charge is 2.17. The van der Waals surface area contributed by atoms with Crippen LogP contribution in [-0.4, -0.2) is 43.8 Å². The molecule has 0 heterocycles. The lowest BCUT2D eigenvalue weighted by Crippen LogP contribution is -2.35. The molecule has 5 heteroatoms. The summed E-state index contributed by atoms with van der Waals surface area (Å²) in [5.41, 5.74) is 5.62. The van der Waals surface area contributed by atoms with Gasteiger partial charge in [0.25, 0.3) is 0 Å². The Kier molecular flexibility index (Phi) is 7.93. The molecule has 0 spiro atoms. The molecular formula is C9H19NO3S. The van der Waals surface area contributed by atoms with Gasteiger partial charge in [0, 0.05) is 7.11 Å². The number of hydrogen-bond donors (Lipinski definition) is 1. The van der Waals surface area contributed by atoms with E-state index in [0.717, 1.165) is 5.75 Å². The highest BCUT2D eigenvalue weighted by Crippen LogP contribution is 2.02. The van der Waals surface area contributed by atoms with Crippen LogP contribution in [0.2, 0.25) is 0 Å². The van der Waals surface area contributed by atoms with E-state index in [1.165, 1.54) is 0 Å². The normalized spacial score (nSPS) is 14.9. The Labute approximate surface area is 89.5 Å². The van der Waals surface area contributed by atoms with Gasteiger partial charge >= 0.3 is 5.97 Å². The largest absolute Gasteiger partial charge is 0.459 e. The first kappa shape index (κ1) is 13.7. The smallest absolute Gasteiger partial charge is 0.323 e. The maximum atomic E-state index is 11.3. The Morgan fingerprint density at radius 2 is 2.21 bits per heavy atom. The van der Waals surface area contributed by atoms with E-state index in [2.05, 4.69) is 0 Å². The van der Waals surface area contributed by atoms with Crippen molar-refractivity contribution in [3.05, 3.63) is 0 Å². The van der Waals surface area contributed by atoms with Gasteiger partial charge in [-0.1, -0.05) is 0 Å². The molecule has 0 aliphatic carbocycles. The third-order valence-corrected chi connectivity index (χ3v) is 2.30. The molecule has 0 aliphatic heterocycles. The van der Waals surface area contributed by atoms with E-state index < -0.39 is 6.04 Å². The Morgan fingerprint density at radius 1 is 1.57 bits per heavy atom. The standard InChI is InChI=1S/C9H19NO3S/c1-7(6-12-2)13-9(11)8(10)4-5-14-3/h7-8H,4-6,10H2,1-3H3/t7?,8-/m0/s1. The molecule has 0 aromatic heterocycles. The Hall–Kier alpha value is -0.260. The van der Waals surface area contributed by atoms with Crippen molar-refractivity contribution in [2.75, 3.05) is 25.7 Å². The highest BCUT2D eigenvalue weighted by atomic mass is 32.2. The molecule has 0 radical (unpaired) electrons. The number of ether oxygens (including phenoxy) is 2. The van der Waals surface area contributed by atoms with Crippen LogP contribution in [0.1, 0.15) is 13.3 Å². The molecule has 4 nitrogen and oxygen atoms in total. The van der Waals surface area contributed by atoms with Crippen molar-refractivity contribution >= 4 is 17.7 Å². The average molecular weight is 221 g/mol. The van der Waals surface area contributed by atoms with Crippen LogP contribution in [0, 0.1) is 0 Å². The van der Waals surface area contributed by atoms with Gasteiger partial charge in [-0.2, -0.15) is 11.8 Å². The monoisotopic (exact) mass is 221 g/mol. The summed E-state index contributed by atoms with van der Waals surface area (Å²) in [7, 11) is 1.57. The van der Waals surface area contributed by atoms with Gasteiger partial charge in [0.15, 0.2) is 0 Å². The third-order valence-electron chi connectivity index (χ3n) is 1.65. The van der Waals surface area contributed by atoms with Gasteiger partial charge in [0.1, 0.15) is 12.1 Å². The quantitative estimate of drug-likeness (QED) is 0.639. The molecule has 1 unspecified atom stereocenters. The first-order chi connectivity index (χ1) is 6.61. The number of carbonyl (C=O) groups excluding carboxylic acids is 1. The number of rotatable bonds is 7. The first-order valence-corrected chi connectivity index (χ1v) is 5.95. The van der Waals surface area contributed by atoms with Gasteiger partial charge in [-0.3, -0.25) is 4.79 Å². The van der Waals surface area contributed by atoms with Crippen LogP contribution >= 0.6 is 11.8 Å². The van der Waals surface area contributed by atoms with Gasteiger partial charge in [0.05, 0.1) is 6.61 Å². The fourth-order valence-electron chi connectivity index (χ4n) is 0.917. The Morgan fingerprint density at radius 3 is 2.71 bits per heavy atom. The second-order valence-corrected chi connectivity index (χ2v) is 4.08. The molecule has 0 aromatic rings.